The number of benzene rings is 3. The lowest BCUT2D eigenvalue weighted by atomic mass is 9.85. The van der Waals surface area contributed by atoms with Crippen molar-refractivity contribution in [2.45, 2.75) is 0 Å². The van der Waals surface area contributed by atoms with Crippen LogP contribution >= 0.6 is 0 Å². The van der Waals surface area contributed by atoms with Gasteiger partial charge in [-0.15, -0.1) is 0 Å². The number of methoxy groups -OCH3 is 2. The van der Waals surface area contributed by atoms with E-state index in [4.69, 9.17) is 15.2 Å². The fourth-order valence-electron chi connectivity index (χ4n) is 2.67. The first-order chi connectivity index (χ1) is 11.7. The molecule has 0 spiro atoms. The van der Waals surface area contributed by atoms with Gasteiger partial charge in [-0.25, -0.2) is 0 Å². The van der Waals surface area contributed by atoms with Crippen LogP contribution in [0.15, 0.2) is 72.8 Å². The normalized spacial score (nSPS) is 10.6. The van der Waals surface area contributed by atoms with E-state index in [9.17, 15) is 0 Å². The maximum Gasteiger partial charge on any atom is 0.118 e. The van der Waals surface area contributed by atoms with Crippen LogP contribution in [0.5, 0.6) is 11.5 Å². The molecule has 3 rings (SSSR count). The molecular formula is C21H20NO2. The van der Waals surface area contributed by atoms with Crippen molar-refractivity contribution in [1.82, 2.24) is 0 Å². The van der Waals surface area contributed by atoms with Gasteiger partial charge in [0.15, 0.2) is 0 Å². The topological polar surface area (TPSA) is 44.5 Å². The second kappa shape index (κ2) is 7.09. The van der Waals surface area contributed by atoms with E-state index >= 15 is 0 Å². The van der Waals surface area contributed by atoms with Gasteiger partial charge in [0.1, 0.15) is 11.5 Å². The molecule has 0 heterocycles. The predicted octanol–water partition coefficient (Wildman–Crippen LogP) is 4.31. The quantitative estimate of drug-likeness (QED) is 0.563. The van der Waals surface area contributed by atoms with Crippen LogP contribution in [0.25, 0.3) is 0 Å². The van der Waals surface area contributed by atoms with Gasteiger partial charge < -0.3 is 15.2 Å². The number of ether oxygens (including phenoxy) is 2. The molecule has 3 aromatic carbocycles. The molecule has 0 aliphatic heterocycles. The minimum absolute atomic E-state index is 0.752. The lowest BCUT2D eigenvalue weighted by molar-refractivity contribution is 0.414. The summed E-state index contributed by atoms with van der Waals surface area (Å²) >= 11 is 0. The maximum atomic E-state index is 5.84. The summed E-state index contributed by atoms with van der Waals surface area (Å²) in [4.78, 5) is 0. The van der Waals surface area contributed by atoms with Crippen LogP contribution in [0.2, 0.25) is 0 Å². The van der Waals surface area contributed by atoms with Crippen molar-refractivity contribution >= 4 is 5.69 Å². The Balaban J connectivity index is 2.06. The van der Waals surface area contributed by atoms with Crippen LogP contribution in [0.4, 0.5) is 5.69 Å². The molecule has 0 saturated carbocycles. The summed E-state index contributed by atoms with van der Waals surface area (Å²) < 4.78 is 10.5. The van der Waals surface area contributed by atoms with Crippen LogP contribution in [0.3, 0.4) is 0 Å². The fraction of sp³-hybridized carbons (Fsp3) is 0.0952. The van der Waals surface area contributed by atoms with Gasteiger partial charge in [0.2, 0.25) is 0 Å². The molecule has 24 heavy (non-hydrogen) atoms. The zero-order chi connectivity index (χ0) is 16.9. The van der Waals surface area contributed by atoms with Crippen molar-refractivity contribution in [3.8, 4) is 11.5 Å². The van der Waals surface area contributed by atoms with E-state index in [0.29, 0.717) is 0 Å². The molecular weight excluding hydrogens is 298 g/mol. The molecule has 3 aromatic rings. The van der Waals surface area contributed by atoms with Gasteiger partial charge in [0, 0.05) is 5.69 Å². The smallest absolute Gasteiger partial charge is 0.118 e. The van der Waals surface area contributed by atoms with Gasteiger partial charge >= 0.3 is 0 Å². The Morgan fingerprint density at radius 3 is 1.25 bits per heavy atom. The summed E-state index contributed by atoms with van der Waals surface area (Å²) in [5.74, 6) is 2.82. The van der Waals surface area contributed by atoms with Gasteiger partial charge in [-0.1, -0.05) is 36.4 Å². The van der Waals surface area contributed by atoms with Crippen molar-refractivity contribution in [3.05, 3.63) is 95.4 Å². The Morgan fingerprint density at radius 1 is 0.583 bits per heavy atom. The summed E-state index contributed by atoms with van der Waals surface area (Å²) in [5, 5.41) is 0. The molecule has 0 fully saturated rings. The van der Waals surface area contributed by atoms with Gasteiger partial charge in [-0.3, -0.25) is 0 Å². The van der Waals surface area contributed by atoms with E-state index < -0.39 is 0 Å². The summed E-state index contributed by atoms with van der Waals surface area (Å²) in [6.07, 6.45) is 0. The number of hydrogen-bond donors (Lipinski definition) is 1. The Labute approximate surface area is 142 Å². The lowest BCUT2D eigenvalue weighted by Gasteiger charge is -2.19. The third-order valence-electron chi connectivity index (χ3n) is 3.96. The minimum atomic E-state index is 0.752. The zero-order valence-electron chi connectivity index (χ0n) is 13.8. The molecule has 0 aromatic heterocycles. The van der Waals surface area contributed by atoms with E-state index in [1.54, 1.807) is 14.2 Å². The molecule has 0 bridgehead atoms. The van der Waals surface area contributed by atoms with Crippen molar-refractivity contribution in [3.63, 3.8) is 0 Å². The third-order valence-corrected chi connectivity index (χ3v) is 3.96. The highest BCUT2D eigenvalue weighted by Crippen LogP contribution is 2.33. The molecule has 0 amide bonds. The summed E-state index contributed by atoms with van der Waals surface area (Å²) in [6.45, 7) is 0. The summed E-state index contributed by atoms with van der Waals surface area (Å²) in [7, 11) is 3.34. The van der Waals surface area contributed by atoms with Crippen molar-refractivity contribution < 1.29 is 9.47 Å². The van der Waals surface area contributed by atoms with Crippen molar-refractivity contribution in [2.75, 3.05) is 20.0 Å². The van der Waals surface area contributed by atoms with E-state index in [0.717, 1.165) is 39.8 Å². The largest absolute Gasteiger partial charge is 0.497 e. The Kier molecular flexibility index (Phi) is 4.71. The standard InChI is InChI=1S/C21H20NO2/c1-23-19-11-5-16(6-12-19)21(15-3-9-18(22)10-4-15)17-7-13-20(24-2)14-8-17/h3-14H,22H2,1-2H3. The average Bonchev–Trinajstić information content (AvgIpc) is 2.64. The average molecular weight is 318 g/mol. The first kappa shape index (κ1) is 15.9. The van der Waals surface area contributed by atoms with Gasteiger partial charge in [-0.05, 0) is 53.1 Å². The Hall–Kier alpha value is -2.94. The molecule has 0 unspecified atom stereocenters. The highest BCUT2D eigenvalue weighted by Gasteiger charge is 2.18. The van der Waals surface area contributed by atoms with Crippen molar-refractivity contribution in [2.24, 2.45) is 0 Å². The second-order valence-corrected chi connectivity index (χ2v) is 5.45. The monoisotopic (exact) mass is 318 g/mol. The molecule has 2 N–H and O–H groups in total. The van der Waals surface area contributed by atoms with Gasteiger partial charge in [-0.2, -0.15) is 0 Å². The Bertz CT molecular complexity index is 730. The summed E-state index contributed by atoms with van der Waals surface area (Å²) in [6, 6.07) is 24.1. The number of rotatable bonds is 5. The van der Waals surface area contributed by atoms with E-state index in [1.807, 2.05) is 48.5 Å². The molecule has 0 aliphatic rings. The lowest BCUT2D eigenvalue weighted by Crippen LogP contribution is -2.05. The van der Waals surface area contributed by atoms with Crippen LogP contribution in [-0.4, -0.2) is 14.2 Å². The molecule has 0 aliphatic carbocycles. The SMILES string of the molecule is COc1ccc([C](c2ccc(N)cc2)c2ccc(OC)cc2)cc1. The van der Waals surface area contributed by atoms with Crippen molar-refractivity contribution in [1.29, 1.82) is 0 Å². The number of anilines is 1. The van der Waals surface area contributed by atoms with Gasteiger partial charge in [0.25, 0.3) is 0 Å². The first-order valence-electron chi connectivity index (χ1n) is 7.73. The van der Waals surface area contributed by atoms with E-state index in [-0.39, 0.29) is 0 Å². The highest BCUT2D eigenvalue weighted by atomic mass is 16.5. The highest BCUT2D eigenvalue weighted by molar-refractivity contribution is 5.59. The van der Waals surface area contributed by atoms with Crippen LogP contribution in [0.1, 0.15) is 16.7 Å². The molecule has 0 atom stereocenters. The summed E-state index contributed by atoms with van der Waals surface area (Å²) in [5.41, 5.74) is 9.93. The number of hydrogen-bond acceptors (Lipinski definition) is 3. The minimum Gasteiger partial charge on any atom is -0.497 e. The third kappa shape index (κ3) is 3.35. The molecule has 1 radical (unpaired) electrons. The zero-order valence-corrected chi connectivity index (χ0v) is 13.8. The second-order valence-electron chi connectivity index (χ2n) is 5.45. The molecule has 121 valence electrons. The maximum absolute atomic E-state index is 5.84. The van der Waals surface area contributed by atoms with E-state index in [2.05, 4.69) is 24.3 Å². The number of nitrogen functional groups attached to an aromatic ring is 1. The van der Waals surface area contributed by atoms with Crippen LogP contribution in [0, 0.1) is 5.92 Å². The first-order valence-corrected chi connectivity index (χ1v) is 7.73. The van der Waals surface area contributed by atoms with E-state index in [1.165, 1.54) is 0 Å². The predicted molar refractivity (Wildman–Crippen MR) is 97.4 cm³/mol. The fourth-order valence-corrected chi connectivity index (χ4v) is 2.67. The number of nitrogens with two attached hydrogens (primary N) is 1. The molecule has 0 saturated heterocycles. The molecule has 3 nitrogen and oxygen atoms in total. The van der Waals surface area contributed by atoms with Crippen LogP contribution in [-0.2, 0) is 0 Å². The molecule has 3 heteroatoms. The van der Waals surface area contributed by atoms with Crippen LogP contribution < -0.4 is 15.2 Å². The Morgan fingerprint density at radius 2 is 0.917 bits per heavy atom. The van der Waals surface area contributed by atoms with Gasteiger partial charge in [0.05, 0.1) is 20.1 Å².